The summed E-state index contributed by atoms with van der Waals surface area (Å²) in [5, 5.41) is 11.4. The number of pyridine rings is 1. The lowest BCUT2D eigenvalue weighted by molar-refractivity contribution is 0.780. The van der Waals surface area contributed by atoms with E-state index in [4.69, 9.17) is 0 Å². The number of rotatable bonds is 6. The molecule has 0 saturated carbocycles. The summed E-state index contributed by atoms with van der Waals surface area (Å²) in [5.41, 5.74) is 5.51. The van der Waals surface area contributed by atoms with E-state index in [1.165, 1.54) is 12.8 Å². The molecule has 2 N–H and O–H groups in total. The maximum atomic E-state index is 4.63. The number of nitrogens with zero attached hydrogens (tertiary/aromatic N) is 5. The molecule has 3 heterocycles. The summed E-state index contributed by atoms with van der Waals surface area (Å²) < 4.78 is 2.00. The van der Waals surface area contributed by atoms with E-state index in [1.54, 1.807) is 7.05 Å². The summed E-state index contributed by atoms with van der Waals surface area (Å²) in [4.78, 5) is 11.3. The van der Waals surface area contributed by atoms with Gasteiger partial charge in [-0.25, -0.2) is 9.67 Å². The highest BCUT2D eigenvalue weighted by Gasteiger charge is 2.13. The van der Waals surface area contributed by atoms with Crippen LogP contribution in [0.25, 0.3) is 5.69 Å². The fourth-order valence-electron chi connectivity index (χ4n) is 3.98. The zero-order valence-corrected chi connectivity index (χ0v) is 18.6. The van der Waals surface area contributed by atoms with Crippen LogP contribution >= 0.6 is 0 Å². The fourth-order valence-corrected chi connectivity index (χ4v) is 3.98. The maximum Gasteiger partial charge on any atom is 0.191 e. The molecule has 0 amide bonds. The molecule has 0 spiro atoms. The largest absolute Gasteiger partial charge is 0.357 e. The maximum absolute atomic E-state index is 4.63. The van der Waals surface area contributed by atoms with Crippen LogP contribution in [0.4, 0.5) is 5.82 Å². The van der Waals surface area contributed by atoms with Gasteiger partial charge < -0.3 is 15.5 Å². The van der Waals surface area contributed by atoms with E-state index < -0.39 is 0 Å². The Kier molecular flexibility index (Phi) is 6.50. The highest BCUT2D eigenvalue weighted by molar-refractivity contribution is 5.79. The second-order valence-corrected chi connectivity index (χ2v) is 7.97. The number of aromatic nitrogens is 3. The third kappa shape index (κ3) is 5.05. The predicted molar refractivity (Wildman–Crippen MR) is 126 cm³/mol. The highest BCUT2D eigenvalue weighted by atomic mass is 15.3. The molecule has 1 aliphatic heterocycles. The van der Waals surface area contributed by atoms with E-state index in [1.807, 2.05) is 23.9 Å². The quantitative estimate of drug-likeness (QED) is 0.475. The van der Waals surface area contributed by atoms with E-state index in [-0.39, 0.29) is 0 Å². The van der Waals surface area contributed by atoms with Crippen molar-refractivity contribution in [1.82, 2.24) is 25.4 Å². The van der Waals surface area contributed by atoms with E-state index >= 15 is 0 Å². The summed E-state index contributed by atoms with van der Waals surface area (Å²) in [5.74, 6) is 1.83. The van der Waals surface area contributed by atoms with Crippen LogP contribution in [0, 0.1) is 13.8 Å². The summed E-state index contributed by atoms with van der Waals surface area (Å²) in [6.07, 6.45) is 4.47. The molecular formula is C24H31N7. The minimum absolute atomic E-state index is 0.653. The number of guanidine groups is 1. The lowest BCUT2D eigenvalue weighted by Gasteiger charge is -2.17. The molecule has 1 aliphatic rings. The van der Waals surface area contributed by atoms with E-state index in [2.05, 4.69) is 73.9 Å². The standard InChI is InChI=1S/C24H31N7/c1-18-14-19(2)31(29-18)22-9-5-4-8-21(22)17-28-24(25-3)27-16-20-10-11-23(26-15-20)30-12-6-7-13-30/h4-5,8-11,14-15H,6-7,12-13,16-17H2,1-3H3,(H2,25,27,28). The number of hydrogen-bond donors (Lipinski definition) is 2. The van der Waals surface area contributed by atoms with E-state index in [0.29, 0.717) is 13.1 Å². The van der Waals surface area contributed by atoms with Crippen LogP contribution < -0.4 is 15.5 Å². The second kappa shape index (κ2) is 9.64. The first-order valence-corrected chi connectivity index (χ1v) is 10.9. The van der Waals surface area contributed by atoms with Crippen molar-refractivity contribution >= 4 is 11.8 Å². The van der Waals surface area contributed by atoms with Crippen molar-refractivity contribution in [2.45, 2.75) is 39.8 Å². The molecule has 31 heavy (non-hydrogen) atoms. The van der Waals surface area contributed by atoms with E-state index in [0.717, 1.165) is 53.1 Å². The summed E-state index contributed by atoms with van der Waals surface area (Å²) in [7, 11) is 1.79. The molecule has 1 aromatic carbocycles. The molecule has 162 valence electrons. The van der Waals surface area contributed by atoms with Crippen molar-refractivity contribution in [2.24, 2.45) is 4.99 Å². The minimum Gasteiger partial charge on any atom is -0.357 e. The number of aryl methyl sites for hydroxylation is 2. The number of para-hydroxylation sites is 1. The number of anilines is 1. The Morgan fingerprint density at radius 2 is 1.81 bits per heavy atom. The zero-order chi connectivity index (χ0) is 21.6. The molecule has 1 saturated heterocycles. The second-order valence-electron chi connectivity index (χ2n) is 7.97. The first kappa shape index (κ1) is 20.9. The molecule has 0 unspecified atom stereocenters. The average molecular weight is 418 g/mol. The van der Waals surface area contributed by atoms with Crippen LogP contribution in [0.2, 0.25) is 0 Å². The van der Waals surface area contributed by atoms with Crippen molar-refractivity contribution in [3.63, 3.8) is 0 Å². The van der Waals surface area contributed by atoms with Gasteiger partial charge in [-0.3, -0.25) is 4.99 Å². The summed E-state index contributed by atoms with van der Waals surface area (Å²) >= 11 is 0. The monoisotopic (exact) mass is 417 g/mol. The van der Waals surface area contributed by atoms with Crippen LogP contribution in [0.1, 0.15) is 35.4 Å². The van der Waals surface area contributed by atoms with Gasteiger partial charge in [0.1, 0.15) is 5.82 Å². The molecule has 0 aliphatic carbocycles. The SMILES string of the molecule is CN=C(NCc1ccc(N2CCCC2)nc1)NCc1ccccc1-n1nc(C)cc1C. The van der Waals surface area contributed by atoms with E-state index in [9.17, 15) is 0 Å². The Hall–Kier alpha value is -3.35. The lowest BCUT2D eigenvalue weighted by Crippen LogP contribution is -2.36. The summed E-state index contributed by atoms with van der Waals surface area (Å²) in [6, 6.07) is 14.7. The Bertz CT molecular complexity index is 1030. The van der Waals surface area contributed by atoms with Crippen molar-refractivity contribution in [2.75, 3.05) is 25.0 Å². The molecular weight excluding hydrogens is 386 g/mol. The van der Waals surface area contributed by atoms with Crippen LogP contribution in [-0.2, 0) is 13.1 Å². The molecule has 7 heteroatoms. The van der Waals surface area contributed by atoms with Gasteiger partial charge in [-0.05, 0) is 56.0 Å². The Morgan fingerprint density at radius 3 is 2.48 bits per heavy atom. The molecule has 1 fully saturated rings. The van der Waals surface area contributed by atoms with Crippen molar-refractivity contribution in [3.8, 4) is 5.69 Å². The molecule has 7 nitrogen and oxygen atoms in total. The number of benzene rings is 1. The number of hydrogen-bond acceptors (Lipinski definition) is 4. The number of aliphatic imine (C=N–C) groups is 1. The molecule has 2 aromatic heterocycles. The Labute approximate surface area is 184 Å². The van der Waals surface area contributed by atoms with Crippen molar-refractivity contribution in [1.29, 1.82) is 0 Å². The van der Waals surface area contributed by atoms with Gasteiger partial charge in [-0.1, -0.05) is 24.3 Å². The van der Waals surface area contributed by atoms with Crippen LogP contribution in [0.15, 0.2) is 53.7 Å². The Morgan fingerprint density at radius 1 is 1.03 bits per heavy atom. The molecule has 0 bridgehead atoms. The topological polar surface area (TPSA) is 70.4 Å². The first-order valence-electron chi connectivity index (χ1n) is 10.9. The fraction of sp³-hybridized carbons (Fsp3) is 0.375. The summed E-state index contributed by atoms with van der Waals surface area (Å²) in [6.45, 7) is 7.64. The third-order valence-corrected chi connectivity index (χ3v) is 5.60. The normalized spacial score (nSPS) is 14.2. The highest BCUT2D eigenvalue weighted by Crippen LogP contribution is 2.18. The average Bonchev–Trinajstić information content (AvgIpc) is 3.44. The van der Waals surface area contributed by atoms with Gasteiger partial charge in [0.2, 0.25) is 0 Å². The van der Waals surface area contributed by atoms with Crippen molar-refractivity contribution in [3.05, 3.63) is 71.2 Å². The molecule has 0 atom stereocenters. The van der Waals surface area contributed by atoms with Crippen LogP contribution in [0.3, 0.4) is 0 Å². The minimum atomic E-state index is 0.653. The van der Waals surface area contributed by atoms with Gasteiger partial charge in [-0.15, -0.1) is 0 Å². The lowest BCUT2D eigenvalue weighted by atomic mass is 10.1. The van der Waals surface area contributed by atoms with Gasteiger partial charge in [0.25, 0.3) is 0 Å². The van der Waals surface area contributed by atoms with Crippen LogP contribution in [-0.4, -0.2) is 40.9 Å². The zero-order valence-electron chi connectivity index (χ0n) is 18.6. The smallest absolute Gasteiger partial charge is 0.191 e. The predicted octanol–water partition coefficient (Wildman–Crippen LogP) is 3.35. The molecule has 0 radical (unpaired) electrons. The van der Waals surface area contributed by atoms with Crippen molar-refractivity contribution < 1.29 is 0 Å². The first-order chi connectivity index (χ1) is 15.1. The number of nitrogens with one attached hydrogen (secondary N) is 2. The molecule has 4 rings (SSSR count). The van der Waals surface area contributed by atoms with Gasteiger partial charge in [0.15, 0.2) is 5.96 Å². The van der Waals surface area contributed by atoms with Gasteiger partial charge in [0.05, 0.1) is 11.4 Å². The van der Waals surface area contributed by atoms with Gasteiger partial charge in [0, 0.05) is 45.1 Å². The van der Waals surface area contributed by atoms with Gasteiger partial charge in [-0.2, -0.15) is 5.10 Å². The van der Waals surface area contributed by atoms with Crippen LogP contribution in [0.5, 0.6) is 0 Å². The van der Waals surface area contributed by atoms with Gasteiger partial charge >= 0.3 is 0 Å². The third-order valence-electron chi connectivity index (χ3n) is 5.60. The molecule has 3 aromatic rings. The Balaban J connectivity index is 1.36.